The highest BCUT2D eigenvalue weighted by Gasteiger charge is 2.45. The van der Waals surface area contributed by atoms with Crippen molar-refractivity contribution in [2.75, 3.05) is 0 Å². The second-order valence-electron chi connectivity index (χ2n) is 7.61. The van der Waals surface area contributed by atoms with Crippen molar-refractivity contribution < 1.29 is 4.52 Å². The number of aromatic nitrogens is 2. The van der Waals surface area contributed by atoms with Crippen LogP contribution in [0.3, 0.4) is 0 Å². The maximum Gasteiger partial charge on any atom is 0.230 e. The van der Waals surface area contributed by atoms with Gasteiger partial charge in [0.05, 0.1) is 0 Å². The smallest absolute Gasteiger partial charge is 0.230 e. The fourth-order valence-electron chi connectivity index (χ4n) is 2.97. The van der Waals surface area contributed by atoms with Gasteiger partial charge in [0.1, 0.15) is 0 Å². The minimum atomic E-state index is -0.0669. The minimum Gasteiger partial charge on any atom is -0.339 e. The van der Waals surface area contributed by atoms with Gasteiger partial charge in [0.15, 0.2) is 5.82 Å². The lowest BCUT2D eigenvalue weighted by Gasteiger charge is -2.45. The van der Waals surface area contributed by atoms with E-state index in [0.717, 1.165) is 24.6 Å². The van der Waals surface area contributed by atoms with Crippen molar-refractivity contribution in [3.05, 3.63) is 11.7 Å². The molecule has 1 saturated carbocycles. The molecule has 2 N–H and O–H groups in total. The van der Waals surface area contributed by atoms with Crippen LogP contribution in [-0.2, 0) is 5.41 Å². The fourth-order valence-corrected chi connectivity index (χ4v) is 2.97. The summed E-state index contributed by atoms with van der Waals surface area (Å²) in [4.78, 5) is 4.64. The van der Waals surface area contributed by atoms with Gasteiger partial charge in [0.25, 0.3) is 0 Å². The second kappa shape index (κ2) is 4.58. The van der Waals surface area contributed by atoms with E-state index in [1.165, 1.54) is 0 Å². The molecule has 0 radical (unpaired) electrons. The average Bonchev–Trinajstić information content (AvgIpc) is 2.75. The first-order valence-electron chi connectivity index (χ1n) is 7.23. The lowest BCUT2D eigenvalue weighted by Crippen LogP contribution is -2.45. The van der Waals surface area contributed by atoms with Crippen molar-refractivity contribution >= 4 is 0 Å². The van der Waals surface area contributed by atoms with Crippen LogP contribution in [0.5, 0.6) is 0 Å². The van der Waals surface area contributed by atoms with Crippen LogP contribution in [0.4, 0.5) is 0 Å². The Bertz CT molecular complexity index is 444. The van der Waals surface area contributed by atoms with E-state index in [1.54, 1.807) is 0 Å². The summed E-state index contributed by atoms with van der Waals surface area (Å²) >= 11 is 0. The van der Waals surface area contributed by atoms with Crippen LogP contribution < -0.4 is 5.73 Å². The Morgan fingerprint density at radius 2 is 1.89 bits per heavy atom. The van der Waals surface area contributed by atoms with Gasteiger partial charge in [0.2, 0.25) is 5.89 Å². The molecule has 3 atom stereocenters. The van der Waals surface area contributed by atoms with E-state index >= 15 is 0 Å². The molecule has 0 saturated heterocycles. The van der Waals surface area contributed by atoms with Gasteiger partial charge in [-0.2, -0.15) is 4.98 Å². The van der Waals surface area contributed by atoms with Gasteiger partial charge in [-0.25, -0.2) is 0 Å². The first kappa shape index (κ1) is 14.5. The topological polar surface area (TPSA) is 64.9 Å². The molecule has 4 nitrogen and oxygen atoms in total. The third-order valence-electron chi connectivity index (χ3n) is 4.91. The summed E-state index contributed by atoms with van der Waals surface area (Å²) in [7, 11) is 0. The summed E-state index contributed by atoms with van der Waals surface area (Å²) in [5, 5.41) is 4.15. The van der Waals surface area contributed by atoms with E-state index in [0.29, 0.717) is 11.8 Å². The number of rotatable bonds is 1. The molecule has 0 aliphatic heterocycles. The van der Waals surface area contributed by atoms with Crippen LogP contribution in [0.15, 0.2) is 4.52 Å². The molecule has 3 unspecified atom stereocenters. The average molecular weight is 265 g/mol. The Kier molecular flexibility index (Phi) is 3.50. The van der Waals surface area contributed by atoms with E-state index in [4.69, 9.17) is 10.3 Å². The quantitative estimate of drug-likeness (QED) is 0.846. The molecule has 1 aliphatic rings. The molecule has 108 valence electrons. The maximum absolute atomic E-state index is 6.20. The van der Waals surface area contributed by atoms with Crippen molar-refractivity contribution in [1.82, 2.24) is 10.1 Å². The molecule has 2 rings (SSSR count). The number of nitrogens with zero attached hydrogens (tertiary/aromatic N) is 2. The van der Waals surface area contributed by atoms with Gasteiger partial charge in [-0.15, -0.1) is 0 Å². The number of hydrogen-bond acceptors (Lipinski definition) is 4. The zero-order valence-corrected chi connectivity index (χ0v) is 13.0. The molecule has 0 aromatic carbocycles. The summed E-state index contributed by atoms with van der Waals surface area (Å²) in [6, 6.07) is 0.274. The molecule has 1 aliphatic carbocycles. The molecule has 0 bridgehead atoms. The first-order chi connectivity index (χ1) is 8.64. The first-order valence-corrected chi connectivity index (χ1v) is 7.23. The summed E-state index contributed by atoms with van der Waals surface area (Å²) in [5.41, 5.74) is 6.23. The molecule has 1 aromatic rings. The Morgan fingerprint density at radius 1 is 1.26 bits per heavy atom. The zero-order valence-electron chi connectivity index (χ0n) is 13.0. The van der Waals surface area contributed by atoms with Gasteiger partial charge < -0.3 is 10.3 Å². The molecule has 0 amide bonds. The Balaban J connectivity index is 2.29. The fraction of sp³-hybridized carbons (Fsp3) is 0.867. The minimum absolute atomic E-state index is 0.0669. The van der Waals surface area contributed by atoms with Crippen LogP contribution in [0.25, 0.3) is 0 Å². The molecule has 4 heteroatoms. The van der Waals surface area contributed by atoms with Crippen molar-refractivity contribution in [2.45, 2.75) is 71.8 Å². The Morgan fingerprint density at radius 3 is 2.42 bits per heavy atom. The van der Waals surface area contributed by atoms with E-state index in [2.05, 4.69) is 51.7 Å². The van der Waals surface area contributed by atoms with Gasteiger partial charge in [-0.05, 0) is 24.2 Å². The standard InChI is InChI=1S/C15H27N3O/c1-9-11(16)8-7-10(15(9,5)6)12-17-13(18-19-12)14(2,3)4/h9-11H,7-8,16H2,1-6H3. The van der Waals surface area contributed by atoms with Crippen LogP contribution >= 0.6 is 0 Å². The van der Waals surface area contributed by atoms with E-state index in [1.807, 2.05) is 0 Å². The van der Waals surface area contributed by atoms with Crippen molar-refractivity contribution in [2.24, 2.45) is 17.1 Å². The van der Waals surface area contributed by atoms with Crippen molar-refractivity contribution in [3.8, 4) is 0 Å². The number of hydrogen-bond donors (Lipinski definition) is 1. The maximum atomic E-state index is 6.20. The van der Waals surface area contributed by atoms with Crippen LogP contribution in [0.1, 0.15) is 72.0 Å². The van der Waals surface area contributed by atoms with E-state index in [9.17, 15) is 0 Å². The third-order valence-corrected chi connectivity index (χ3v) is 4.91. The molecular formula is C15H27N3O. The largest absolute Gasteiger partial charge is 0.339 e. The number of nitrogens with two attached hydrogens (primary N) is 1. The second-order valence-corrected chi connectivity index (χ2v) is 7.61. The highest BCUT2D eigenvalue weighted by atomic mass is 16.5. The van der Waals surface area contributed by atoms with E-state index < -0.39 is 0 Å². The van der Waals surface area contributed by atoms with E-state index in [-0.39, 0.29) is 16.9 Å². The highest BCUT2D eigenvalue weighted by Crippen LogP contribution is 2.49. The lowest BCUT2D eigenvalue weighted by atomic mass is 9.61. The van der Waals surface area contributed by atoms with Gasteiger partial charge in [-0.3, -0.25) is 0 Å². The summed E-state index contributed by atoms with van der Waals surface area (Å²) in [6.07, 6.45) is 2.06. The Hall–Kier alpha value is -0.900. The molecule has 19 heavy (non-hydrogen) atoms. The van der Waals surface area contributed by atoms with Crippen LogP contribution in [0, 0.1) is 11.3 Å². The Labute approximate surface area is 116 Å². The highest BCUT2D eigenvalue weighted by molar-refractivity contribution is 5.09. The van der Waals surface area contributed by atoms with Gasteiger partial charge >= 0.3 is 0 Å². The molecule has 1 aromatic heterocycles. The zero-order chi connectivity index (χ0) is 14.4. The van der Waals surface area contributed by atoms with Crippen molar-refractivity contribution in [3.63, 3.8) is 0 Å². The SMILES string of the molecule is CC1C(N)CCC(c2nc(C(C)(C)C)no2)C1(C)C. The monoisotopic (exact) mass is 265 g/mol. The summed E-state index contributed by atoms with van der Waals surface area (Å²) < 4.78 is 5.55. The molecule has 1 fully saturated rings. The van der Waals surface area contributed by atoms with Gasteiger partial charge in [0, 0.05) is 17.4 Å². The predicted molar refractivity (Wildman–Crippen MR) is 75.9 cm³/mol. The van der Waals surface area contributed by atoms with Gasteiger partial charge in [-0.1, -0.05) is 46.7 Å². The van der Waals surface area contributed by atoms with Crippen molar-refractivity contribution in [1.29, 1.82) is 0 Å². The summed E-state index contributed by atoms with van der Waals surface area (Å²) in [6.45, 7) is 13.1. The normalized spacial score (nSPS) is 31.4. The predicted octanol–water partition coefficient (Wildman–Crippen LogP) is 3.23. The van der Waals surface area contributed by atoms with Crippen LogP contribution in [-0.4, -0.2) is 16.2 Å². The molecule has 1 heterocycles. The van der Waals surface area contributed by atoms with Crippen LogP contribution in [0.2, 0.25) is 0 Å². The molecular weight excluding hydrogens is 238 g/mol. The third kappa shape index (κ3) is 2.55. The molecule has 0 spiro atoms. The lowest BCUT2D eigenvalue weighted by molar-refractivity contribution is 0.0806. The summed E-state index contributed by atoms with van der Waals surface area (Å²) in [5.74, 6) is 2.34.